The first-order valence-corrected chi connectivity index (χ1v) is 9.68. The molecule has 7 nitrogen and oxygen atoms in total. The molecule has 2 rings (SSSR count). The molecular formula is C14H14BBrF10N5O2S. The van der Waals surface area contributed by atoms with E-state index in [1.807, 2.05) is 0 Å². The van der Waals surface area contributed by atoms with E-state index in [9.17, 15) is 43.9 Å². The second kappa shape index (κ2) is 13.2. The van der Waals surface area contributed by atoms with E-state index < -0.39 is 59.9 Å². The fraction of sp³-hybridized carbons (Fsp3) is 0.571. The van der Waals surface area contributed by atoms with Crippen LogP contribution in [0.5, 0.6) is 11.8 Å². The number of aryl methyl sites for hydroxylation is 2. The minimum absolute atomic E-state index is 0.280. The van der Waals surface area contributed by atoms with Crippen LogP contribution < -0.4 is 9.47 Å². The predicted octanol–water partition coefficient (Wildman–Crippen LogP) is 5.47. The average molecular weight is 597 g/mol. The molecule has 1 radical (unpaired) electrons. The molecule has 0 spiro atoms. The van der Waals surface area contributed by atoms with Crippen molar-refractivity contribution in [3.63, 3.8) is 0 Å². The molecule has 0 N–H and O–H groups in total. The van der Waals surface area contributed by atoms with Gasteiger partial charge in [0.1, 0.15) is 11.4 Å². The van der Waals surface area contributed by atoms with Crippen LogP contribution in [-0.2, 0) is 31.8 Å². The van der Waals surface area contributed by atoms with E-state index in [4.69, 9.17) is 0 Å². The molecule has 0 fully saturated rings. The Kier molecular flexibility index (Phi) is 12.4. The van der Waals surface area contributed by atoms with E-state index in [1.54, 1.807) is 0 Å². The molecule has 20 heteroatoms. The van der Waals surface area contributed by atoms with Gasteiger partial charge in [-0.05, 0) is 6.92 Å². The molecular weight excluding hydrogens is 583 g/mol. The molecule has 2 aromatic rings. The number of aromatic nitrogens is 4. The number of hydrogen-bond acceptors (Lipinski definition) is 6. The zero-order chi connectivity index (χ0) is 27.0. The van der Waals surface area contributed by atoms with Crippen LogP contribution in [0.3, 0.4) is 0 Å². The SMILES string of the molecule is Cc1c(OC(F)F)nn(C)c1C(F)(F)F.Cn1nc(OC(F)F)c(CBr)c1C(F)(F)F.[B]=NS. The van der Waals surface area contributed by atoms with Gasteiger partial charge in [0.2, 0.25) is 11.8 Å². The quantitative estimate of drug-likeness (QED) is 0.215. The Morgan fingerprint density at radius 2 is 1.26 bits per heavy atom. The van der Waals surface area contributed by atoms with Crippen LogP contribution in [0.15, 0.2) is 4.30 Å². The van der Waals surface area contributed by atoms with Gasteiger partial charge < -0.3 is 9.47 Å². The van der Waals surface area contributed by atoms with Crippen LogP contribution >= 0.6 is 28.7 Å². The van der Waals surface area contributed by atoms with Gasteiger partial charge in [-0.15, -0.1) is 10.2 Å². The molecule has 0 aromatic carbocycles. The van der Waals surface area contributed by atoms with Crippen molar-refractivity contribution >= 4 is 36.4 Å². The summed E-state index contributed by atoms with van der Waals surface area (Å²) in [5.74, 6) is -1.43. The van der Waals surface area contributed by atoms with Crippen LogP contribution in [0.1, 0.15) is 22.5 Å². The Morgan fingerprint density at radius 3 is 1.59 bits per heavy atom. The van der Waals surface area contributed by atoms with Crippen molar-refractivity contribution in [3.05, 3.63) is 22.5 Å². The summed E-state index contributed by atoms with van der Waals surface area (Å²) in [6.07, 6.45) is -9.32. The molecule has 34 heavy (non-hydrogen) atoms. The van der Waals surface area contributed by atoms with Gasteiger partial charge in [0.15, 0.2) is 0 Å². The fourth-order valence-corrected chi connectivity index (χ4v) is 2.90. The molecule has 193 valence electrons. The maximum absolute atomic E-state index is 12.5. The molecule has 0 bridgehead atoms. The molecule has 0 amide bonds. The van der Waals surface area contributed by atoms with E-state index in [-0.39, 0.29) is 5.33 Å². The normalized spacial score (nSPS) is 11.5. The number of nitrogens with zero attached hydrogens (tertiary/aromatic N) is 5. The summed E-state index contributed by atoms with van der Waals surface area (Å²) in [6.45, 7) is -5.39. The van der Waals surface area contributed by atoms with Crippen LogP contribution in [0, 0.1) is 6.92 Å². The van der Waals surface area contributed by atoms with Crippen molar-refractivity contribution < 1.29 is 53.4 Å². The molecule has 0 atom stereocenters. The van der Waals surface area contributed by atoms with Gasteiger partial charge in [-0.2, -0.15) is 43.9 Å². The number of alkyl halides is 11. The Labute approximate surface area is 200 Å². The molecule has 0 aliphatic rings. The molecule has 0 aliphatic carbocycles. The van der Waals surface area contributed by atoms with Gasteiger partial charge in [0.05, 0.1) is 5.56 Å². The second-order valence-electron chi connectivity index (χ2n) is 5.66. The molecule has 0 saturated carbocycles. The summed E-state index contributed by atoms with van der Waals surface area (Å²) in [4.78, 5) is 0. The Hall–Kier alpha value is -1.99. The van der Waals surface area contributed by atoms with Crippen LogP contribution in [0.2, 0.25) is 0 Å². The van der Waals surface area contributed by atoms with Gasteiger partial charge >= 0.3 is 50.3 Å². The number of ether oxygens (including phenoxy) is 2. The van der Waals surface area contributed by atoms with Crippen LogP contribution in [-0.4, -0.2) is 40.4 Å². The Morgan fingerprint density at radius 1 is 0.912 bits per heavy atom. The average Bonchev–Trinajstić information content (AvgIpc) is 3.09. The molecule has 0 saturated heterocycles. The first-order chi connectivity index (χ1) is 15.4. The molecule has 2 aromatic heterocycles. The first kappa shape index (κ1) is 32.0. The molecule has 0 aliphatic heterocycles. The topological polar surface area (TPSA) is 66.5 Å². The van der Waals surface area contributed by atoms with E-state index in [2.05, 4.69) is 60.4 Å². The van der Waals surface area contributed by atoms with Crippen molar-refractivity contribution in [2.45, 2.75) is 37.8 Å². The third kappa shape index (κ3) is 9.34. The first-order valence-electron chi connectivity index (χ1n) is 8.15. The van der Waals surface area contributed by atoms with Gasteiger partial charge in [0, 0.05) is 25.0 Å². The zero-order valence-electron chi connectivity index (χ0n) is 17.1. The van der Waals surface area contributed by atoms with Crippen molar-refractivity contribution in [3.8, 4) is 11.8 Å². The molecule has 0 unspecified atom stereocenters. The van der Waals surface area contributed by atoms with Crippen LogP contribution in [0.4, 0.5) is 43.9 Å². The van der Waals surface area contributed by atoms with E-state index in [0.29, 0.717) is 9.36 Å². The van der Waals surface area contributed by atoms with E-state index in [1.165, 1.54) is 0 Å². The third-order valence-electron chi connectivity index (χ3n) is 3.42. The minimum atomic E-state index is -4.67. The number of thiol groups is 1. The van der Waals surface area contributed by atoms with E-state index in [0.717, 1.165) is 21.0 Å². The standard InChI is InChI=1S/C7H6BrF5N2O.C7H7F5N2O.BHNS/c1-15-4(7(11,12)13)3(2-8)5(14-15)16-6(9)10;1-3-4(7(10,11)12)14(2)13-5(3)15-6(8)9;1-2-3/h6H,2H2,1H3;6H,1-2H3;3H. The summed E-state index contributed by atoms with van der Waals surface area (Å²) in [7, 11) is 6.35. The summed E-state index contributed by atoms with van der Waals surface area (Å²) in [6, 6.07) is 0. The number of halogens is 11. The van der Waals surface area contributed by atoms with Crippen LogP contribution in [0.25, 0.3) is 0 Å². The maximum atomic E-state index is 12.5. The van der Waals surface area contributed by atoms with Crippen molar-refractivity contribution in [2.24, 2.45) is 18.4 Å². The summed E-state index contributed by atoms with van der Waals surface area (Å²) >= 11 is 5.97. The van der Waals surface area contributed by atoms with Crippen molar-refractivity contribution in [1.82, 2.24) is 19.6 Å². The van der Waals surface area contributed by atoms with Crippen molar-refractivity contribution in [2.75, 3.05) is 0 Å². The fourth-order valence-electron chi connectivity index (χ4n) is 2.39. The van der Waals surface area contributed by atoms with Gasteiger partial charge in [-0.25, -0.2) is 0 Å². The number of rotatable bonds is 5. The van der Waals surface area contributed by atoms with Gasteiger partial charge in [0.25, 0.3) is 0 Å². The monoisotopic (exact) mass is 596 g/mol. The number of hydrogen-bond donors (Lipinski definition) is 1. The van der Waals surface area contributed by atoms with E-state index >= 15 is 0 Å². The van der Waals surface area contributed by atoms with Gasteiger partial charge in [-0.1, -0.05) is 15.9 Å². The third-order valence-corrected chi connectivity index (χ3v) is 3.98. The zero-order valence-corrected chi connectivity index (χ0v) is 19.6. The predicted molar refractivity (Wildman–Crippen MR) is 104 cm³/mol. The second-order valence-corrected chi connectivity index (χ2v) is 6.45. The molecule has 2 heterocycles. The summed E-state index contributed by atoms with van der Waals surface area (Å²) in [5.41, 5.74) is -3.11. The van der Waals surface area contributed by atoms with Gasteiger partial charge in [-0.3, -0.25) is 9.36 Å². The van der Waals surface area contributed by atoms with Crippen molar-refractivity contribution in [1.29, 1.82) is 0 Å². The Bertz CT molecular complexity index is 936. The Balaban J connectivity index is 0.000000575. The summed E-state index contributed by atoms with van der Waals surface area (Å²) < 4.78 is 133. The summed E-state index contributed by atoms with van der Waals surface area (Å²) in [5, 5.41) is 6.18.